The van der Waals surface area contributed by atoms with E-state index in [-0.39, 0.29) is 0 Å². The minimum absolute atomic E-state index is 0.410. The van der Waals surface area contributed by atoms with Crippen molar-refractivity contribution in [3.05, 3.63) is 52.4 Å². The van der Waals surface area contributed by atoms with Crippen molar-refractivity contribution in [3.63, 3.8) is 0 Å². The van der Waals surface area contributed by atoms with E-state index in [1.165, 1.54) is 26.8 Å². The number of thiophene rings is 1. The van der Waals surface area contributed by atoms with Crippen LogP contribution in [0.25, 0.3) is 0 Å². The van der Waals surface area contributed by atoms with Crippen molar-refractivity contribution >= 4 is 27.3 Å². The second-order valence-electron chi connectivity index (χ2n) is 6.40. The molecule has 0 atom stereocenters. The first-order chi connectivity index (χ1) is 13.4. The molecule has 0 spiro atoms. The van der Waals surface area contributed by atoms with E-state index in [0.717, 1.165) is 17.3 Å². The molecular weight excluding hydrogens is 392 g/mol. The van der Waals surface area contributed by atoms with Crippen LogP contribution < -0.4 is 10.6 Å². The fourth-order valence-electron chi connectivity index (χ4n) is 2.74. The maximum absolute atomic E-state index is 12.6. The second kappa shape index (κ2) is 10.6. The number of guanidine groups is 1. The summed E-state index contributed by atoms with van der Waals surface area (Å²) in [6.07, 6.45) is 0.740. The van der Waals surface area contributed by atoms with Gasteiger partial charge in [-0.2, -0.15) is 4.31 Å². The number of benzene rings is 1. The molecule has 2 N–H and O–H groups in total. The van der Waals surface area contributed by atoms with Gasteiger partial charge in [-0.15, -0.1) is 11.3 Å². The Balaban J connectivity index is 1.85. The van der Waals surface area contributed by atoms with E-state index in [1.807, 2.05) is 19.9 Å². The number of nitrogens with zero attached hydrogens (tertiary/aromatic N) is 2. The fraction of sp³-hybridized carbons (Fsp3) is 0.450. The van der Waals surface area contributed by atoms with E-state index in [4.69, 9.17) is 0 Å². The fourth-order valence-corrected chi connectivity index (χ4v) is 5.71. The van der Waals surface area contributed by atoms with Gasteiger partial charge in [0.1, 0.15) is 4.21 Å². The molecule has 0 unspecified atom stereocenters. The summed E-state index contributed by atoms with van der Waals surface area (Å²) in [6.45, 7) is 8.13. The Bertz CT molecular complexity index is 870. The SMILES string of the molecule is CCN(CC)S(=O)(=O)c1ccc(CCNC(=NC)NCc2ccc(C)cc2)s1. The Hall–Kier alpha value is -1.90. The van der Waals surface area contributed by atoms with Gasteiger partial charge in [0.2, 0.25) is 0 Å². The normalized spacial score (nSPS) is 12.4. The Morgan fingerprint density at radius 2 is 1.75 bits per heavy atom. The standard InChI is InChI=1S/C20H30N4O2S2/c1-5-24(6-2)28(25,26)19-12-11-18(27-19)13-14-22-20(21-4)23-15-17-9-7-16(3)8-10-17/h7-12H,5-6,13-15H2,1-4H3,(H2,21,22,23). The predicted octanol–water partition coefficient (Wildman–Crippen LogP) is 2.99. The first-order valence-electron chi connectivity index (χ1n) is 9.49. The Kier molecular flexibility index (Phi) is 8.47. The molecule has 28 heavy (non-hydrogen) atoms. The van der Waals surface area contributed by atoms with Crippen molar-refractivity contribution < 1.29 is 8.42 Å². The van der Waals surface area contributed by atoms with Crippen LogP contribution in [0.5, 0.6) is 0 Å². The number of hydrogen-bond donors (Lipinski definition) is 2. The van der Waals surface area contributed by atoms with Gasteiger partial charge in [-0.1, -0.05) is 43.7 Å². The molecule has 0 fully saturated rings. The van der Waals surface area contributed by atoms with Crippen molar-refractivity contribution in [3.8, 4) is 0 Å². The average Bonchev–Trinajstić information content (AvgIpc) is 3.16. The molecule has 0 saturated carbocycles. The summed E-state index contributed by atoms with van der Waals surface area (Å²) in [6, 6.07) is 12.0. The summed E-state index contributed by atoms with van der Waals surface area (Å²) < 4.78 is 27.0. The van der Waals surface area contributed by atoms with Crippen molar-refractivity contribution in [2.24, 2.45) is 4.99 Å². The molecule has 0 aliphatic heterocycles. The van der Waals surface area contributed by atoms with Gasteiger partial charge in [-0.05, 0) is 31.0 Å². The lowest BCUT2D eigenvalue weighted by Gasteiger charge is -2.16. The van der Waals surface area contributed by atoms with Crippen molar-refractivity contribution in [2.45, 2.75) is 37.9 Å². The number of sulfonamides is 1. The third-order valence-electron chi connectivity index (χ3n) is 4.40. The topological polar surface area (TPSA) is 73.8 Å². The summed E-state index contributed by atoms with van der Waals surface area (Å²) >= 11 is 1.34. The highest BCUT2D eigenvalue weighted by Gasteiger charge is 2.23. The number of hydrogen-bond acceptors (Lipinski definition) is 4. The lowest BCUT2D eigenvalue weighted by atomic mass is 10.1. The number of rotatable bonds is 9. The quantitative estimate of drug-likeness (QED) is 0.481. The third kappa shape index (κ3) is 6.05. The predicted molar refractivity (Wildman–Crippen MR) is 118 cm³/mol. The maximum Gasteiger partial charge on any atom is 0.252 e. The van der Waals surface area contributed by atoms with E-state index >= 15 is 0 Å². The lowest BCUT2D eigenvalue weighted by Crippen LogP contribution is -2.37. The molecule has 0 bridgehead atoms. The zero-order valence-electron chi connectivity index (χ0n) is 17.0. The van der Waals surface area contributed by atoms with Gasteiger partial charge < -0.3 is 10.6 Å². The third-order valence-corrected chi connectivity index (χ3v) is 8.07. The smallest absolute Gasteiger partial charge is 0.252 e. The molecule has 8 heteroatoms. The Morgan fingerprint density at radius 1 is 1.07 bits per heavy atom. The van der Waals surface area contributed by atoms with Crippen LogP contribution in [0, 0.1) is 6.92 Å². The van der Waals surface area contributed by atoms with Crippen LogP contribution in [0.1, 0.15) is 29.9 Å². The molecule has 0 aliphatic carbocycles. The van der Waals surface area contributed by atoms with Gasteiger partial charge in [0, 0.05) is 38.1 Å². The molecule has 1 aromatic carbocycles. The van der Waals surface area contributed by atoms with Crippen molar-refractivity contribution in [1.82, 2.24) is 14.9 Å². The number of aliphatic imine (C=N–C) groups is 1. The zero-order chi connectivity index (χ0) is 20.6. The molecule has 0 amide bonds. The van der Waals surface area contributed by atoms with Gasteiger partial charge in [-0.3, -0.25) is 4.99 Å². The maximum atomic E-state index is 12.6. The van der Waals surface area contributed by atoms with Crippen LogP contribution in [-0.4, -0.2) is 45.4 Å². The largest absolute Gasteiger partial charge is 0.356 e. The van der Waals surface area contributed by atoms with Crippen molar-refractivity contribution in [1.29, 1.82) is 0 Å². The molecule has 0 radical (unpaired) electrons. The average molecular weight is 423 g/mol. The highest BCUT2D eigenvalue weighted by molar-refractivity contribution is 7.91. The van der Waals surface area contributed by atoms with E-state index < -0.39 is 10.0 Å². The molecule has 2 rings (SSSR count). The van der Waals surface area contributed by atoms with E-state index in [1.54, 1.807) is 13.1 Å². The molecule has 2 aromatic rings. The van der Waals surface area contributed by atoms with Crippen LogP contribution in [0.4, 0.5) is 0 Å². The monoisotopic (exact) mass is 422 g/mol. The van der Waals surface area contributed by atoms with E-state index in [9.17, 15) is 8.42 Å². The summed E-state index contributed by atoms with van der Waals surface area (Å²) in [7, 11) is -1.63. The molecule has 1 heterocycles. The van der Waals surface area contributed by atoms with E-state index in [2.05, 4.69) is 46.8 Å². The van der Waals surface area contributed by atoms with Crippen molar-refractivity contribution in [2.75, 3.05) is 26.7 Å². The van der Waals surface area contributed by atoms with Gasteiger partial charge in [0.25, 0.3) is 10.0 Å². The van der Waals surface area contributed by atoms with Gasteiger partial charge in [0.15, 0.2) is 5.96 Å². The first kappa shape index (κ1) is 22.4. The highest BCUT2D eigenvalue weighted by Crippen LogP contribution is 2.25. The minimum Gasteiger partial charge on any atom is -0.356 e. The summed E-state index contributed by atoms with van der Waals surface area (Å²) in [5.74, 6) is 0.730. The van der Waals surface area contributed by atoms with Crippen LogP contribution in [0.15, 0.2) is 45.6 Å². The molecular formula is C20H30N4O2S2. The Morgan fingerprint density at radius 3 is 2.36 bits per heavy atom. The van der Waals surface area contributed by atoms with Crippen LogP contribution in [-0.2, 0) is 23.0 Å². The summed E-state index contributed by atoms with van der Waals surface area (Å²) in [5.41, 5.74) is 2.43. The van der Waals surface area contributed by atoms with Gasteiger partial charge in [0.05, 0.1) is 0 Å². The summed E-state index contributed by atoms with van der Waals surface area (Å²) in [5, 5.41) is 6.57. The highest BCUT2D eigenvalue weighted by atomic mass is 32.2. The molecule has 154 valence electrons. The molecule has 0 aliphatic rings. The number of aryl methyl sites for hydroxylation is 1. The van der Waals surface area contributed by atoms with Crippen LogP contribution in [0.3, 0.4) is 0 Å². The first-order valence-corrected chi connectivity index (χ1v) is 11.7. The van der Waals surface area contributed by atoms with Crippen LogP contribution in [0.2, 0.25) is 0 Å². The lowest BCUT2D eigenvalue weighted by molar-refractivity contribution is 0.447. The van der Waals surface area contributed by atoms with Crippen LogP contribution >= 0.6 is 11.3 Å². The molecule has 1 aromatic heterocycles. The minimum atomic E-state index is -3.37. The zero-order valence-corrected chi connectivity index (χ0v) is 18.7. The van der Waals surface area contributed by atoms with Gasteiger partial charge >= 0.3 is 0 Å². The second-order valence-corrected chi connectivity index (χ2v) is 9.73. The van der Waals surface area contributed by atoms with E-state index in [0.29, 0.717) is 30.4 Å². The van der Waals surface area contributed by atoms with Gasteiger partial charge in [-0.25, -0.2) is 8.42 Å². The molecule has 6 nitrogen and oxygen atoms in total. The summed E-state index contributed by atoms with van der Waals surface area (Å²) in [4.78, 5) is 5.27. The Labute approximate surface area is 172 Å². The number of nitrogens with one attached hydrogen (secondary N) is 2. The molecule has 0 saturated heterocycles.